The summed E-state index contributed by atoms with van der Waals surface area (Å²) in [5, 5.41) is 12.4. The van der Waals surface area contributed by atoms with Gasteiger partial charge >= 0.3 is 12.1 Å². The van der Waals surface area contributed by atoms with Crippen molar-refractivity contribution in [3.63, 3.8) is 0 Å². The average molecular weight is 606 g/mol. The van der Waals surface area contributed by atoms with Gasteiger partial charge in [0, 0.05) is 12.8 Å². The van der Waals surface area contributed by atoms with Crippen LogP contribution in [0.25, 0.3) is 0 Å². The van der Waals surface area contributed by atoms with Crippen LogP contribution < -0.4 is 5.32 Å². The largest absolute Gasteiger partial charge is 0.480 e. The molecular formula is C35H43NO8. The minimum atomic E-state index is -1.22. The lowest BCUT2D eigenvalue weighted by Crippen LogP contribution is -2.54. The van der Waals surface area contributed by atoms with Crippen LogP contribution in [0, 0.1) is 0 Å². The van der Waals surface area contributed by atoms with Crippen LogP contribution in [0.3, 0.4) is 0 Å². The number of amides is 1. The number of hydrogen-bond donors (Lipinski definition) is 2. The van der Waals surface area contributed by atoms with Gasteiger partial charge in [-0.2, -0.15) is 0 Å². The van der Waals surface area contributed by atoms with Crippen molar-refractivity contribution >= 4 is 12.1 Å². The van der Waals surface area contributed by atoms with Crippen LogP contribution in [0.1, 0.15) is 50.3 Å². The molecule has 1 saturated heterocycles. The average Bonchev–Trinajstić information content (AvgIpc) is 3.00. The molecule has 9 nitrogen and oxygen atoms in total. The molecule has 1 aliphatic heterocycles. The van der Waals surface area contributed by atoms with Crippen molar-refractivity contribution in [3.8, 4) is 0 Å². The molecule has 0 bridgehead atoms. The number of rotatable bonds is 14. The molecule has 3 aromatic rings. The van der Waals surface area contributed by atoms with Crippen LogP contribution in [0.4, 0.5) is 4.79 Å². The van der Waals surface area contributed by atoms with Gasteiger partial charge in [0.15, 0.2) is 0 Å². The van der Waals surface area contributed by atoms with Crippen LogP contribution in [0.2, 0.25) is 0 Å². The van der Waals surface area contributed by atoms with E-state index in [9.17, 15) is 14.7 Å². The first-order valence-corrected chi connectivity index (χ1v) is 15.0. The highest BCUT2D eigenvalue weighted by Crippen LogP contribution is 2.30. The zero-order chi connectivity index (χ0) is 31.4. The van der Waals surface area contributed by atoms with Gasteiger partial charge in [0.2, 0.25) is 0 Å². The zero-order valence-electron chi connectivity index (χ0n) is 25.6. The third kappa shape index (κ3) is 11.1. The fraction of sp³-hybridized carbons (Fsp3) is 0.429. The molecule has 3 aromatic carbocycles. The molecule has 0 aromatic heterocycles. The molecule has 44 heavy (non-hydrogen) atoms. The molecule has 1 aliphatic rings. The molecule has 236 valence electrons. The van der Waals surface area contributed by atoms with E-state index in [2.05, 4.69) is 5.32 Å². The molecule has 1 amide bonds. The highest BCUT2D eigenvalue weighted by molar-refractivity contribution is 5.80. The predicted molar refractivity (Wildman–Crippen MR) is 165 cm³/mol. The quantitative estimate of drug-likeness (QED) is 0.234. The van der Waals surface area contributed by atoms with E-state index in [1.807, 2.05) is 91.0 Å². The number of alkyl carbamates (subject to hydrolysis) is 1. The molecule has 1 heterocycles. The van der Waals surface area contributed by atoms with Gasteiger partial charge in [-0.1, -0.05) is 91.0 Å². The molecule has 0 spiro atoms. The fourth-order valence-electron chi connectivity index (χ4n) is 5.02. The molecule has 0 aliphatic carbocycles. The summed E-state index contributed by atoms with van der Waals surface area (Å²) in [7, 11) is 0. The number of nitrogens with one attached hydrogen (secondary N) is 1. The first-order valence-electron chi connectivity index (χ1n) is 15.0. The van der Waals surface area contributed by atoms with Gasteiger partial charge in [0.1, 0.15) is 23.9 Å². The lowest BCUT2D eigenvalue weighted by Gasteiger charge is -2.42. The maximum atomic E-state index is 12.4. The van der Waals surface area contributed by atoms with Gasteiger partial charge in [0.05, 0.1) is 38.6 Å². The van der Waals surface area contributed by atoms with E-state index in [0.717, 1.165) is 16.7 Å². The highest BCUT2D eigenvalue weighted by Gasteiger charge is 2.42. The molecular weight excluding hydrogens is 562 g/mol. The third-order valence-electron chi connectivity index (χ3n) is 7.07. The maximum Gasteiger partial charge on any atom is 0.408 e. The summed E-state index contributed by atoms with van der Waals surface area (Å²) in [4.78, 5) is 24.6. The number of carboxylic acids is 1. The van der Waals surface area contributed by atoms with Crippen molar-refractivity contribution in [2.75, 3.05) is 6.61 Å². The van der Waals surface area contributed by atoms with E-state index < -0.39 is 48.1 Å². The van der Waals surface area contributed by atoms with E-state index in [-0.39, 0.29) is 13.0 Å². The summed E-state index contributed by atoms with van der Waals surface area (Å²) in [6, 6.07) is 28.3. The summed E-state index contributed by atoms with van der Waals surface area (Å²) in [5.41, 5.74) is 2.26. The third-order valence-corrected chi connectivity index (χ3v) is 7.07. The SMILES string of the molecule is CC(C)(C)OC(=O)N[C@H](C[C@H]1C[C@@H](OCc2ccccc2)[C@@H](OCc2ccccc2)[C@@H](COCc2ccccc2)O1)C(=O)O. The minimum absolute atomic E-state index is 0.0142. The van der Waals surface area contributed by atoms with Crippen LogP contribution >= 0.6 is 0 Å². The topological polar surface area (TPSA) is 113 Å². The van der Waals surface area contributed by atoms with Gasteiger partial charge < -0.3 is 34.1 Å². The Bertz CT molecular complexity index is 1280. The standard InChI is InChI=1S/C35H43NO8/c1-35(2,3)44-34(39)36-29(33(37)38)19-28-20-30(41-22-26-15-9-5-10-16-26)32(42-23-27-17-11-6-12-18-27)31(43-28)24-40-21-25-13-7-4-8-14-25/h4-18,28-32H,19-24H2,1-3H3,(H,36,39)(H,37,38)/t28-,29+,30+,31+,32+/m0/s1. The van der Waals surface area contributed by atoms with Crippen LogP contribution in [-0.2, 0) is 48.3 Å². The number of hydrogen-bond acceptors (Lipinski definition) is 7. The van der Waals surface area contributed by atoms with E-state index >= 15 is 0 Å². The highest BCUT2D eigenvalue weighted by atomic mass is 16.6. The number of ether oxygens (including phenoxy) is 5. The number of benzene rings is 3. The van der Waals surface area contributed by atoms with Crippen molar-refractivity contribution < 1.29 is 38.4 Å². The van der Waals surface area contributed by atoms with Crippen LogP contribution in [0.5, 0.6) is 0 Å². The van der Waals surface area contributed by atoms with Crippen molar-refractivity contribution in [3.05, 3.63) is 108 Å². The lowest BCUT2D eigenvalue weighted by atomic mass is 9.93. The molecule has 5 atom stereocenters. The molecule has 1 fully saturated rings. The van der Waals surface area contributed by atoms with Gasteiger partial charge in [-0.15, -0.1) is 0 Å². The van der Waals surface area contributed by atoms with Crippen LogP contribution in [0.15, 0.2) is 91.0 Å². The molecule has 4 rings (SSSR count). The Morgan fingerprint density at radius 1 is 0.841 bits per heavy atom. The summed E-state index contributed by atoms with van der Waals surface area (Å²) in [6.07, 6.45) is -2.47. The van der Waals surface area contributed by atoms with Crippen molar-refractivity contribution in [2.24, 2.45) is 0 Å². The van der Waals surface area contributed by atoms with Crippen molar-refractivity contribution in [1.29, 1.82) is 0 Å². The first kappa shape index (κ1) is 33.1. The number of carboxylic acid groups (broad SMARTS) is 1. The minimum Gasteiger partial charge on any atom is -0.480 e. The summed E-state index contributed by atoms with van der Waals surface area (Å²) >= 11 is 0. The Morgan fingerprint density at radius 2 is 1.36 bits per heavy atom. The normalized spacial score (nSPS) is 20.9. The number of carbonyl (C=O) groups excluding carboxylic acids is 1. The van der Waals surface area contributed by atoms with Crippen molar-refractivity contribution in [1.82, 2.24) is 5.32 Å². The fourth-order valence-corrected chi connectivity index (χ4v) is 5.02. The van der Waals surface area contributed by atoms with Gasteiger partial charge in [-0.25, -0.2) is 9.59 Å². The van der Waals surface area contributed by atoms with Crippen molar-refractivity contribution in [2.45, 2.75) is 89.5 Å². The summed E-state index contributed by atoms with van der Waals surface area (Å²) in [6.45, 7) is 6.43. The Hall–Kier alpha value is -3.76. The maximum absolute atomic E-state index is 12.4. The first-order chi connectivity index (χ1) is 21.2. The monoisotopic (exact) mass is 605 g/mol. The number of carbonyl (C=O) groups is 2. The van der Waals surface area contributed by atoms with E-state index in [1.54, 1.807) is 20.8 Å². The lowest BCUT2D eigenvalue weighted by molar-refractivity contribution is -0.222. The Labute approximate surface area is 259 Å². The summed E-state index contributed by atoms with van der Waals surface area (Å²) in [5.74, 6) is -1.18. The van der Waals surface area contributed by atoms with Gasteiger partial charge in [-0.3, -0.25) is 0 Å². The summed E-state index contributed by atoms with van der Waals surface area (Å²) < 4.78 is 30.8. The smallest absolute Gasteiger partial charge is 0.408 e. The van der Waals surface area contributed by atoms with Gasteiger partial charge in [-0.05, 0) is 37.5 Å². The van der Waals surface area contributed by atoms with E-state index in [1.165, 1.54) is 0 Å². The van der Waals surface area contributed by atoms with Gasteiger partial charge in [0.25, 0.3) is 0 Å². The molecule has 0 unspecified atom stereocenters. The molecule has 0 saturated carbocycles. The molecule has 2 N–H and O–H groups in total. The van der Waals surface area contributed by atoms with E-state index in [0.29, 0.717) is 26.2 Å². The second-order valence-corrected chi connectivity index (χ2v) is 11.9. The predicted octanol–water partition coefficient (Wildman–Crippen LogP) is 5.90. The molecule has 9 heteroatoms. The zero-order valence-corrected chi connectivity index (χ0v) is 25.6. The molecule has 0 radical (unpaired) electrons. The number of aliphatic carboxylic acids is 1. The van der Waals surface area contributed by atoms with E-state index in [4.69, 9.17) is 23.7 Å². The Morgan fingerprint density at radius 3 is 1.89 bits per heavy atom. The second kappa shape index (κ2) is 16.4. The van der Waals surface area contributed by atoms with Crippen LogP contribution in [-0.4, -0.2) is 59.8 Å². The Kier molecular flexibility index (Phi) is 12.3. The Balaban J connectivity index is 1.53. The second-order valence-electron chi connectivity index (χ2n) is 11.9.